The van der Waals surface area contributed by atoms with Gasteiger partial charge in [0.15, 0.2) is 11.2 Å². The van der Waals surface area contributed by atoms with E-state index in [1.165, 1.54) is 24.3 Å². The fourth-order valence-electron chi connectivity index (χ4n) is 11.7. The molecule has 12 aromatic carbocycles. The molecule has 0 aliphatic rings. The van der Waals surface area contributed by atoms with Crippen LogP contribution >= 0.6 is 0 Å². The van der Waals surface area contributed by atoms with E-state index in [1.807, 2.05) is 155 Å². The number of fused-ring (bicyclic) bond motifs is 6. The molecule has 14 rings (SSSR count). The molecule has 0 spiro atoms. The van der Waals surface area contributed by atoms with E-state index in [1.54, 1.807) is 0 Å². The van der Waals surface area contributed by atoms with Crippen LogP contribution in [0, 0.1) is 13.8 Å². The summed E-state index contributed by atoms with van der Waals surface area (Å²) in [6.45, 7) is 4.11. The summed E-state index contributed by atoms with van der Waals surface area (Å²) in [4.78, 5) is 3.93. The summed E-state index contributed by atoms with van der Waals surface area (Å²) in [7, 11) is 0. The number of nitrogens with zero attached hydrogens (tertiary/aromatic N) is 2. The number of hydrogen-bond donors (Lipinski definition) is 0. The summed E-state index contributed by atoms with van der Waals surface area (Å²) < 4.78 is 99.5. The lowest BCUT2D eigenvalue weighted by Gasteiger charge is -2.29. The predicted octanol–water partition coefficient (Wildman–Crippen LogP) is 21.3. The van der Waals surface area contributed by atoms with Gasteiger partial charge in [-0.05, 0) is 130 Å². The van der Waals surface area contributed by atoms with Gasteiger partial charge < -0.3 is 18.6 Å². The van der Waals surface area contributed by atoms with Gasteiger partial charge in [-0.3, -0.25) is 0 Å². The standard InChI is InChI=1S/C68H42F6N2O2/c1-39-11-3-5-13-47(39)49-15-7-17-51-53-19-9-21-59(65(53)77-63(49)51)75(45-31-27-43(28-32-45)67(69,70)71)57-37-25-41-24-36-56-58(38-26-42-23-35-55(57)61(41)62(42)56)76(46-33-29-44(30-34-46)68(72,73)74)60-22-10-20-54-52-18-8-16-50(64(52)78-66(54)60)48-14-6-4-12-40(48)2/h3-38H,1-2H3. The van der Waals surface area contributed by atoms with Crippen LogP contribution in [0.3, 0.4) is 0 Å². The van der Waals surface area contributed by atoms with Gasteiger partial charge in [0.25, 0.3) is 0 Å². The highest BCUT2D eigenvalue weighted by Crippen LogP contribution is 2.52. The molecule has 0 aliphatic carbocycles. The van der Waals surface area contributed by atoms with Gasteiger partial charge in [0.2, 0.25) is 0 Å². The first-order valence-corrected chi connectivity index (χ1v) is 25.5. The number of alkyl halides is 6. The minimum Gasteiger partial charge on any atom is -0.453 e. The molecule has 0 atom stereocenters. The number of para-hydroxylation sites is 4. The largest absolute Gasteiger partial charge is 0.453 e. The van der Waals surface area contributed by atoms with Crippen LogP contribution in [0.15, 0.2) is 227 Å². The number of anilines is 6. The first kappa shape index (κ1) is 47.0. The Kier molecular flexibility index (Phi) is 10.5. The quantitative estimate of drug-likeness (QED) is 0.112. The summed E-state index contributed by atoms with van der Waals surface area (Å²) in [6, 6.07) is 66.6. The summed E-state index contributed by atoms with van der Waals surface area (Å²) in [6.07, 6.45) is -9.12. The van der Waals surface area contributed by atoms with Crippen LogP contribution in [-0.4, -0.2) is 0 Å². The molecular formula is C68H42F6N2O2. The second-order valence-corrected chi connectivity index (χ2v) is 19.9. The third kappa shape index (κ3) is 7.38. The summed E-state index contributed by atoms with van der Waals surface area (Å²) in [5, 5.41) is 8.67. The van der Waals surface area contributed by atoms with Gasteiger partial charge in [-0.1, -0.05) is 146 Å². The van der Waals surface area contributed by atoms with Crippen LogP contribution in [0.1, 0.15) is 22.3 Å². The highest BCUT2D eigenvalue weighted by molar-refractivity contribution is 6.29. The first-order valence-electron chi connectivity index (χ1n) is 25.5. The molecule has 14 aromatic rings. The molecule has 378 valence electrons. The average Bonchev–Trinajstić information content (AvgIpc) is 4.17. The van der Waals surface area contributed by atoms with Crippen LogP contribution in [0.2, 0.25) is 0 Å². The number of benzene rings is 12. The van der Waals surface area contributed by atoms with Crippen molar-refractivity contribution in [3.05, 3.63) is 241 Å². The smallest absolute Gasteiger partial charge is 0.416 e. The Labute approximate surface area is 442 Å². The van der Waals surface area contributed by atoms with Gasteiger partial charge in [0, 0.05) is 54.8 Å². The summed E-state index contributed by atoms with van der Waals surface area (Å²) in [5.74, 6) is 0. The number of halogens is 6. The van der Waals surface area contributed by atoms with Crippen molar-refractivity contribution in [3.8, 4) is 22.3 Å². The Morgan fingerprint density at radius 3 is 1.03 bits per heavy atom. The van der Waals surface area contributed by atoms with Crippen molar-refractivity contribution in [1.29, 1.82) is 0 Å². The van der Waals surface area contributed by atoms with E-state index >= 15 is 0 Å². The minimum atomic E-state index is -4.56. The lowest BCUT2D eigenvalue weighted by molar-refractivity contribution is -0.138. The fraction of sp³-hybridized carbons (Fsp3) is 0.0588. The highest BCUT2D eigenvalue weighted by atomic mass is 19.4. The number of furan rings is 2. The van der Waals surface area contributed by atoms with E-state index in [4.69, 9.17) is 8.83 Å². The van der Waals surface area contributed by atoms with Crippen molar-refractivity contribution in [3.63, 3.8) is 0 Å². The first-order chi connectivity index (χ1) is 37.8. The van der Waals surface area contributed by atoms with E-state index in [2.05, 4.69) is 38.1 Å². The maximum atomic E-state index is 14.2. The normalized spacial score (nSPS) is 12.4. The Balaban J connectivity index is 1.01. The van der Waals surface area contributed by atoms with Crippen molar-refractivity contribution >= 4 is 110 Å². The molecule has 0 unspecified atom stereocenters. The van der Waals surface area contributed by atoms with Crippen LogP contribution in [0.4, 0.5) is 60.5 Å². The maximum absolute atomic E-state index is 14.2. The predicted molar refractivity (Wildman–Crippen MR) is 304 cm³/mol. The van der Waals surface area contributed by atoms with E-state index in [-0.39, 0.29) is 0 Å². The molecule has 0 fully saturated rings. The molecule has 2 aromatic heterocycles. The molecule has 0 N–H and O–H groups in total. The SMILES string of the molecule is Cc1ccccc1-c1cccc2c1oc1c(N(c3ccc(C(F)(F)F)cc3)c3ccc4ccc5c(N(c6ccc(C(F)(F)F)cc6)c6cccc7c6oc6c(-c8ccccc8C)cccc67)ccc6ccc3c4c65)cccc12. The number of hydrogen-bond acceptors (Lipinski definition) is 4. The molecule has 10 heteroatoms. The summed E-state index contributed by atoms with van der Waals surface area (Å²) >= 11 is 0. The van der Waals surface area contributed by atoms with Crippen molar-refractivity contribution in [2.24, 2.45) is 0 Å². The lowest BCUT2D eigenvalue weighted by Crippen LogP contribution is -2.13. The number of aryl methyl sites for hydroxylation is 2. The highest BCUT2D eigenvalue weighted by Gasteiger charge is 2.33. The van der Waals surface area contributed by atoms with Crippen molar-refractivity contribution in [2.45, 2.75) is 26.2 Å². The van der Waals surface area contributed by atoms with Gasteiger partial charge in [0.1, 0.15) is 11.2 Å². The molecule has 0 saturated heterocycles. The van der Waals surface area contributed by atoms with Crippen LogP contribution < -0.4 is 9.80 Å². The molecule has 0 aliphatic heterocycles. The van der Waals surface area contributed by atoms with Crippen LogP contribution in [-0.2, 0) is 12.4 Å². The van der Waals surface area contributed by atoms with Gasteiger partial charge in [-0.2, -0.15) is 26.3 Å². The Hall–Kier alpha value is -9.54. The van der Waals surface area contributed by atoms with Crippen molar-refractivity contribution in [2.75, 3.05) is 9.80 Å². The van der Waals surface area contributed by atoms with Crippen LogP contribution in [0.25, 0.3) is 98.4 Å². The Morgan fingerprint density at radius 2 is 0.641 bits per heavy atom. The monoisotopic (exact) mass is 1030 g/mol. The zero-order chi connectivity index (χ0) is 53.2. The van der Waals surface area contributed by atoms with Crippen molar-refractivity contribution in [1.82, 2.24) is 0 Å². The number of rotatable bonds is 8. The Bertz CT molecular complexity index is 4390. The molecule has 4 nitrogen and oxygen atoms in total. The second-order valence-electron chi connectivity index (χ2n) is 19.9. The third-order valence-electron chi connectivity index (χ3n) is 15.4. The second kappa shape index (κ2) is 17.5. The van der Waals surface area contributed by atoms with Gasteiger partial charge in [-0.25, -0.2) is 0 Å². The van der Waals surface area contributed by atoms with Gasteiger partial charge in [0.05, 0.1) is 33.9 Å². The molecule has 0 radical (unpaired) electrons. The average molecular weight is 1030 g/mol. The maximum Gasteiger partial charge on any atom is 0.416 e. The van der Waals surface area contributed by atoms with Gasteiger partial charge >= 0.3 is 12.4 Å². The third-order valence-corrected chi connectivity index (χ3v) is 15.4. The zero-order valence-electron chi connectivity index (χ0n) is 41.8. The molecule has 0 saturated carbocycles. The minimum absolute atomic E-state index is 0.476. The zero-order valence-corrected chi connectivity index (χ0v) is 41.8. The molecule has 0 amide bonds. The topological polar surface area (TPSA) is 32.8 Å². The Morgan fingerprint density at radius 1 is 0.295 bits per heavy atom. The summed E-state index contributed by atoms with van der Waals surface area (Å²) in [5.41, 5.74) is 10.5. The molecule has 0 bridgehead atoms. The van der Waals surface area contributed by atoms with E-state index in [0.29, 0.717) is 56.5 Å². The molecule has 78 heavy (non-hydrogen) atoms. The fourth-order valence-corrected chi connectivity index (χ4v) is 11.7. The molecule has 2 heterocycles. The molecular weight excluding hydrogens is 991 g/mol. The van der Waals surface area contributed by atoms with Crippen LogP contribution in [0.5, 0.6) is 0 Å². The van der Waals surface area contributed by atoms with E-state index < -0.39 is 23.5 Å². The lowest BCUT2D eigenvalue weighted by atomic mass is 9.91. The van der Waals surface area contributed by atoms with Gasteiger partial charge in [-0.15, -0.1) is 0 Å². The van der Waals surface area contributed by atoms with E-state index in [0.717, 1.165) is 112 Å². The van der Waals surface area contributed by atoms with Crippen molar-refractivity contribution < 1.29 is 35.2 Å². The van der Waals surface area contributed by atoms with E-state index in [9.17, 15) is 26.3 Å².